The molecule has 1 amide bonds. The summed E-state index contributed by atoms with van der Waals surface area (Å²) < 4.78 is 40.3. The van der Waals surface area contributed by atoms with E-state index in [2.05, 4.69) is 10.4 Å². The van der Waals surface area contributed by atoms with E-state index < -0.39 is 17.8 Å². The molecule has 140 valence electrons. The van der Waals surface area contributed by atoms with E-state index in [1.807, 2.05) is 0 Å². The maximum atomic E-state index is 13.1. The average molecular weight is 369 g/mol. The van der Waals surface area contributed by atoms with Gasteiger partial charge in [0.1, 0.15) is 6.54 Å². The Morgan fingerprint density at radius 1 is 1.19 bits per heavy atom. The molecule has 0 spiro atoms. The van der Waals surface area contributed by atoms with Crippen molar-refractivity contribution < 1.29 is 28.2 Å². The van der Waals surface area contributed by atoms with Crippen LogP contribution >= 0.6 is 0 Å². The topological polar surface area (TPSA) is 87.4 Å². The van der Waals surface area contributed by atoms with Crippen LogP contribution in [0.5, 0.6) is 0 Å². The number of alkyl halides is 3. The fourth-order valence-electron chi connectivity index (χ4n) is 3.21. The number of nitrogens with zero attached hydrogens (tertiary/aromatic N) is 2. The van der Waals surface area contributed by atoms with Gasteiger partial charge in [-0.1, -0.05) is 6.07 Å². The lowest BCUT2D eigenvalue weighted by Crippen LogP contribution is -2.21. The molecule has 1 aliphatic rings. The average Bonchev–Trinajstić information content (AvgIpc) is 3.17. The number of rotatable bonds is 5. The predicted octanol–water partition coefficient (Wildman–Crippen LogP) is 2.01. The van der Waals surface area contributed by atoms with Gasteiger partial charge in [-0.2, -0.15) is 18.3 Å². The third-order valence-corrected chi connectivity index (χ3v) is 4.40. The van der Waals surface area contributed by atoms with E-state index in [1.54, 1.807) is 12.1 Å². The summed E-state index contributed by atoms with van der Waals surface area (Å²) in [6, 6.07) is 4.63. The Balaban J connectivity index is 1.77. The Labute approximate surface area is 147 Å². The molecule has 0 radical (unpaired) electrons. The predicted molar refractivity (Wildman–Crippen MR) is 86.2 cm³/mol. The third-order valence-electron chi connectivity index (χ3n) is 4.40. The summed E-state index contributed by atoms with van der Waals surface area (Å²) in [6.45, 7) is -0.875. The van der Waals surface area contributed by atoms with Crippen molar-refractivity contribution in [1.29, 1.82) is 0 Å². The zero-order valence-electron chi connectivity index (χ0n) is 13.8. The van der Waals surface area contributed by atoms with E-state index in [0.717, 1.165) is 4.68 Å². The van der Waals surface area contributed by atoms with Gasteiger partial charge in [0.15, 0.2) is 5.69 Å². The van der Waals surface area contributed by atoms with Crippen LogP contribution < -0.4 is 5.32 Å². The summed E-state index contributed by atoms with van der Waals surface area (Å²) in [5.41, 5.74) is 1.11. The molecule has 0 saturated heterocycles. The Morgan fingerprint density at radius 3 is 2.58 bits per heavy atom. The number of fused-ring (bicyclic) bond motifs is 1. The first-order chi connectivity index (χ1) is 12.3. The fraction of sp³-hybridized carbons (Fsp3) is 0.412. The smallest absolute Gasteiger partial charge is 0.392 e. The minimum Gasteiger partial charge on any atom is -0.392 e. The maximum absolute atomic E-state index is 13.1. The number of hydrogen-bond acceptors (Lipinski definition) is 4. The second-order valence-electron chi connectivity index (χ2n) is 6.13. The fourth-order valence-corrected chi connectivity index (χ4v) is 3.21. The number of amides is 1. The quantitative estimate of drug-likeness (QED) is 0.753. The molecule has 0 fully saturated rings. The van der Waals surface area contributed by atoms with Crippen LogP contribution in [0.3, 0.4) is 0 Å². The van der Waals surface area contributed by atoms with Gasteiger partial charge in [-0.15, -0.1) is 0 Å². The van der Waals surface area contributed by atoms with Gasteiger partial charge in [0.25, 0.3) is 0 Å². The molecule has 1 aromatic carbocycles. The molecule has 0 atom stereocenters. The lowest BCUT2D eigenvalue weighted by atomic mass is 10.1. The summed E-state index contributed by atoms with van der Waals surface area (Å²) in [7, 11) is 0. The Bertz CT molecular complexity index is 831. The standard InChI is InChI=1S/C17H18F3N3O3/c18-17(19,20)16-13-2-1-3-14(13)23(22-16)7-15(26)21-12-5-4-10(8-24)11(6-12)9-25/h4-6,24-25H,1-3,7-9H2,(H,21,26). The first-order valence-electron chi connectivity index (χ1n) is 8.12. The first-order valence-corrected chi connectivity index (χ1v) is 8.12. The molecule has 3 rings (SSSR count). The summed E-state index contributed by atoms with van der Waals surface area (Å²) in [5, 5.41) is 24.6. The van der Waals surface area contributed by atoms with Gasteiger partial charge in [-0.3, -0.25) is 9.48 Å². The number of anilines is 1. The third kappa shape index (κ3) is 3.58. The van der Waals surface area contributed by atoms with E-state index >= 15 is 0 Å². The molecule has 1 heterocycles. The van der Waals surface area contributed by atoms with Gasteiger partial charge >= 0.3 is 6.18 Å². The molecular formula is C17H18F3N3O3. The summed E-state index contributed by atoms with van der Waals surface area (Å²) in [6.07, 6.45) is -3.15. The highest BCUT2D eigenvalue weighted by molar-refractivity contribution is 5.90. The van der Waals surface area contributed by atoms with Crippen molar-refractivity contribution in [2.24, 2.45) is 0 Å². The van der Waals surface area contributed by atoms with Crippen molar-refractivity contribution in [3.05, 3.63) is 46.3 Å². The molecule has 1 aliphatic carbocycles. The number of carbonyl (C=O) groups is 1. The van der Waals surface area contributed by atoms with Crippen LogP contribution in [0, 0.1) is 0 Å². The normalized spacial score (nSPS) is 13.7. The lowest BCUT2D eigenvalue weighted by molar-refractivity contribution is -0.142. The number of nitrogens with one attached hydrogen (secondary N) is 1. The SMILES string of the molecule is O=C(Cn1nc(C(F)(F)F)c2c1CCC2)Nc1ccc(CO)c(CO)c1. The van der Waals surface area contributed by atoms with Crippen LogP contribution in [0.15, 0.2) is 18.2 Å². The van der Waals surface area contributed by atoms with E-state index in [-0.39, 0.29) is 25.3 Å². The molecule has 1 aromatic heterocycles. The second-order valence-corrected chi connectivity index (χ2v) is 6.13. The highest BCUT2D eigenvalue weighted by atomic mass is 19.4. The maximum Gasteiger partial charge on any atom is 0.435 e. The number of benzene rings is 1. The van der Waals surface area contributed by atoms with Crippen molar-refractivity contribution in [3.63, 3.8) is 0 Å². The van der Waals surface area contributed by atoms with Crippen molar-refractivity contribution in [2.45, 2.75) is 45.2 Å². The minimum absolute atomic E-state index is 0.181. The summed E-state index contributed by atoms with van der Waals surface area (Å²) in [5.74, 6) is -0.517. The lowest BCUT2D eigenvalue weighted by Gasteiger charge is -2.10. The van der Waals surface area contributed by atoms with Crippen molar-refractivity contribution in [1.82, 2.24) is 9.78 Å². The van der Waals surface area contributed by atoms with Gasteiger partial charge in [0.2, 0.25) is 5.91 Å². The molecular weight excluding hydrogens is 351 g/mol. The van der Waals surface area contributed by atoms with E-state index in [1.165, 1.54) is 6.07 Å². The van der Waals surface area contributed by atoms with E-state index in [9.17, 15) is 28.2 Å². The Kier molecular flexibility index (Phi) is 5.01. The van der Waals surface area contributed by atoms with E-state index in [4.69, 9.17) is 0 Å². The van der Waals surface area contributed by atoms with Gasteiger partial charge < -0.3 is 15.5 Å². The summed E-state index contributed by atoms with van der Waals surface area (Å²) >= 11 is 0. The van der Waals surface area contributed by atoms with Crippen LogP contribution in [-0.2, 0) is 43.6 Å². The molecule has 0 unspecified atom stereocenters. The molecule has 3 N–H and O–H groups in total. The van der Waals surface area contributed by atoms with Crippen LogP contribution in [0.4, 0.5) is 18.9 Å². The van der Waals surface area contributed by atoms with Gasteiger partial charge in [-0.25, -0.2) is 0 Å². The number of carbonyl (C=O) groups excluding carboxylic acids is 1. The van der Waals surface area contributed by atoms with Gasteiger partial charge in [-0.05, 0) is 42.5 Å². The zero-order valence-corrected chi connectivity index (χ0v) is 13.8. The molecule has 9 heteroatoms. The molecule has 0 bridgehead atoms. The number of halogens is 3. The van der Waals surface area contributed by atoms with Gasteiger partial charge in [0, 0.05) is 16.9 Å². The highest BCUT2D eigenvalue weighted by Gasteiger charge is 2.40. The van der Waals surface area contributed by atoms with Crippen molar-refractivity contribution in [3.8, 4) is 0 Å². The zero-order chi connectivity index (χ0) is 18.9. The van der Waals surface area contributed by atoms with Crippen molar-refractivity contribution >= 4 is 11.6 Å². The Hall–Kier alpha value is -2.39. The number of aliphatic hydroxyl groups excluding tert-OH is 2. The first kappa shape index (κ1) is 18.4. The highest BCUT2D eigenvalue weighted by Crippen LogP contribution is 2.36. The van der Waals surface area contributed by atoms with Crippen molar-refractivity contribution in [2.75, 3.05) is 5.32 Å². The molecule has 0 aliphatic heterocycles. The molecule has 0 saturated carbocycles. The van der Waals surface area contributed by atoms with Crippen LogP contribution in [-0.4, -0.2) is 25.9 Å². The summed E-state index contributed by atoms with van der Waals surface area (Å²) in [4.78, 5) is 12.2. The number of aliphatic hydroxyl groups is 2. The van der Waals surface area contributed by atoms with Crippen LogP contribution in [0.25, 0.3) is 0 Å². The van der Waals surface area contributed by atoms with Crippen LogP contribution in [0.2, 0.25) is 0 Å². The Morgan fingerprint density at radius 2 is 1.92 bits per heavy atom. The number of hydrogen-bond donors (Lipinski definition) is 3. The monoisotopic (exact) mass is 369 g/mol. The van der Waals surface area contributed by atoms with E-state index in [0.29, 0.717) is 41.8 Å². The molecule has 6 nitrogen and oxygen atoms in total. The largest absolute Gasteiger partial charge is 0.435 e. The number of aromatic nitrogens is 2. The molecule has 26 heavy (non-hydrogen) atoms. The van der Waals surface area contributed by atoms with Gasteiger partial charge in [0.05, 0.1) is 13.2 Å². The van der Waals surface area contributed by atoms with Crippen LogP contribution in [0.1, 0.15) is 34.5 Å². The molecule has 2 aromatic rings. The second kappa shape index (κ2) is 7.08. The minimum atomic E-state index is -4.54.